The summed E-state index contributed by atoms with van der Waals surface area (Å²) < 4.78 is 15.8. The topological polar surface area (TPSA) is 123 Å². The number of carboxylic acid groups (broad SMARTS) is 1. The first-order valence-electron chi connectivity index (χ1n) is 15.8. The summed E-state index contributed by atoms with van der Waals surface area (Å²) in [4.78, 5) is 37.1. The number of benzene rings is 3. The highest BCUT2D eigenvalue weighted by Gasteiger charge is 2.38. The summed E-state index contributed by atoms with van der Waals surface area (Å²) in [6.45, 7) is 5.33. The average Bonchev–Trinajstić information content (AvgIpc) is 3.02. The largest absolute Gasteiger partial charge is 0.479 e. The van der Waals surface area contributed by atoms with Crippen LogP contribution < -0.4 is 0 Å². The molecule has 2 atom stereocenters. The van der Waals surface area contributed by atoms with Crippen LogP contribution in [0.25, 0.3) is 10.8 Å². The lowest BCUT2D eigenvalue weighted by Gasteiger charge is -2.26. The second-order valence-corrected chi connectivity index (χ2v) is 11.3. The molecule has 0 aliphatic rings. The Kier molecular flexibility index (Phi) is 15.0. The van der Waals surface area contributed by atoms with Crippen molar-refractivity contribution in [3.05, 3.63) is 82.9 Å². The molecule has 0 aliphatic carbocycles. The maximum absolute atomic E-state index is 13.2. The summed E-state index contributed by atoms with van der Waals surface area (Å²) >= 11 is 0. The van der Waals surface area contributed by atoms with E-state index in [0.717, 1.165) is 38.5 Å². The van der Waals surface area contributed by atoms with E-state index in [1.54, 1.807) is 6.92 Å². The molecule has 45 heavy (non-hydrogen) atoms. The van der Waals surface area contributed by atoms with Crippen LogP contribution in [-0.4, -0.2) is 71.8 Å². The number of amides is 1. The lowest BCUT2D eigenvalue weighted by atomic mass is 10.0. The number of ether oxygens (including phenoxy) is 3. The van der Waals surface area contributed by atoms with Gasteiger partial charge in [0.1, 0.15) is 6.61 Å². The summed E-state index contributed by atoms with van der Waals surface area (Å²) in [6, 6.07) is 21.0. The molecule has 0 spiro atoms. The highest BCUT2D eigenvalue weighted by molar-refractivity contribution is 5.88. The maximum atomic E-state index is 13.2. The van der Waals surface area contributed by atoms with E-state index in [2.05, 4.69) is 62.4 Å². The average molecular weight is 622 g/mol. The molecule has 0 fully saturated rings. The third kappa shape index (κ3) is 11.9. The molecule has 0 saturated carbocycles. The molecule has 9 nitrogen and oxygen atoms in total. The van der Waals surface area contributed by atoms with Gasteiger partial charge in [0, 0.05) is 13.2 Å². The van der Waals surface area contributed by atoms with Gasteiger partial charge in [-0.2, -0.15) is 0 Å². The summed E-state index contributed by atoms with van der Waals surface area (Å²) in [7, 11) is 0. The van der Waals surface area contributed by atoms with Gasteiger partial charge in [0.05, 0.1) is 6.61 Å². The maximum Gasteiger partial charge on any atom is 0.336 e. The number of fused-ring (bicyclic) bond motifs is 1. The van der Waals surface area contributed by atoms with Crippen LogP contribution >= 0.6 is 0 Å². The fraction of sp³-hybridized carbons (Fsp3) is 0.472. The number of rotatable bonds is 20. The normalized spacial score (nSPS) is 12.5. The number of carbonyl (C=O) groups excluding carboxylic acids is 2. The molecule has 0 aliphatic heterocycles. The second kappa shape index (κ2) is 18.9. The molecule has 3 aromatic rings. The van der Waals surface area contributed by atoms with Crippen LogP contribution in [0.4, 0.5) is 0 Å². The molecule has 0 radical (unpaired) electrons. The van der Waals surface area contributed by atoms with Gasteiger partial charge >= 0.3 is 11.9 Å². The number of aliphatic carboxylic acids is 1. The van der Waals surface area contributed by atoms with Crippen LogP contribution in [0.3, 0.4) is 0 Å². The quantitative estimate of drug-likeness (QED) is 0.0660. The lowest BCUT2D eigenvalue weighted by molar-refractivity contribution is -0.195. The third-order valence-corrected chi connectivity index (χ3v) is 7.83. The van der Waals surface area contributed by atoms with Crippen molar-refractivity contribution in [2.24, 2.45) is 0 Å². The smallest absolute Gasteiger partial charge is 0.336 e. The van der Waals surface area contributed by atoms with Gasteiger partial charge in [-0.25, -0.2) is 14.7 Å². The highest BCUT2D eigenvalue weighted by atomic mass is 16.6. The molecule has 3 rings (SSSR count). The van der Waals surface area contributed by atoms with Crippen molar-refractivity contribution in [2.75, 3.05) is 26.4 Å². The molecule has 0 saturated heterocycles. The number of aryl methyl sites for hydroxylation is 4. The number of hydrogen-bond donors (Lipinski definition) is 2. The van der Waals surface area contributed by atoms with Gasteiger partial charge in [0.15, 0.2) is 12.2 Å². The Morgan fingerprint density at radius 1 is 0.756 bits per heavy atom. The van der Waals surface area contributed by atoms with E-state index in [-0.39, 0.29) is 19.8 Å². The summed E-state index contributed by atoms with van der Waals surface area (Å²) in [5.41, 5.74) is 4.97. The first kappa shape index (κ1) is 35.7. The van der Waals surface area contributed by atoms with Gasteiger partial charge in [-0.15, -0.1) is 0 Å². The number of hydrogen-bond acceptors (Lipinski definition) is 7. The van der Waals surface area contributed by atoms with Crippen molar-refractivity contribution < 1.29 is 38.9 Å². The number of esters is 1. The van der Waals surface area contributed by atoms with E-state index in [1.165, 1.54) is 33.0 Å². The van der Waals surface area contributed by atoms with Crippen molar-refractivity contribution in [2.45, 2.75) is 84.3 Å². The minimum atomic E-state index is -1.79. The predicted molar refractivity (Wildman–Crippen MR) is 172 cm³/mol. The number of carbonyl (C=O) groups is 3. The Morgan fingerprint density at radius 2 is 1.42 bits per heavy atom. The van der Waals surface area contributed by atoms with Gasteiger partial charge in [-0.3, -0.25) is 10.0 Å². The third-order valence-electron chi connectivity index (χ3n) is 7.83. The van der Waals surface area contributed by atoms with Crippen LogP contribution in [0.2, 0.25) is 0 Å². The fourth-order valence-electron chi connectivity index (χ4n) is 5.13. The molecule has 3 aromatic carbocycles. The Balaban J connectivity index is 1.50. The fourth-order valence-corrected chi connectivity index (χ4v) is 5.13. The number of nitrogens with zero attached hydrogens (tertiary/aromatic N) is 1. The van der Waals surface area contributed by atoms with E-state index in [0.29, 0.717) is 17.9 Å². The van der Waals surface area contributed by atoms with E-state index in [4.69, 9.17) is 14.2 Å². The Labute approximate surface area is 266 Å². The van der Waals surface area contributed by atoms with Crippen molar-refractivity contribution in [3.63, 3.8) is 0 Å². The molecular weight excluding hydrogens is 574 g/mol. The van der Waals surface area contributed by atoms with Gasteiger partial charge in [0.25, 0.3) is 5.91 Å². The molecule has 2 N–H and O–H groups in total. The van der Waals surface area contributed by atoms with Crippen LogP contribution in [0.5, 0.6) is 0 Å². The highest BCUT2D eigenvalue weighted by Crippen LogP contribution is 2.18. The molecule has 0 heterocycles. The molecular formula is C36H47NO8. The van der Waals surface area contributed by atoms with Gasteiger partial charge in [0.2, 0.25) is 0 Å². The van der Waals surface area contributed by atoms with E-state index in [9.17, 15) is 24.7 Å². The molecule has 0 unspecified atom stereocenters. The summed E-state index contributed by atoms with van der Waals surface area (Å²) in [5, 5.41) is 23.3. The summed E-state index contributed by atoms with van der Waals surface area (Å²) in [6.07, 6.45) is 2.76. The number of hydroxylamine groups is 2. The standard InChI is InChI=1S/C36H47NO8/c1-4-43-32(38)25-45-34(36(40)41)33(44-22-12-6-8-13-28-18-17-26(2)27(3)23-28)35(39)37(42)21-11-5-7-14-29-19-20-30-15-9-10-16-31(30)24-29/h9-10,15-20,23-24,33-34,42H,4-8,11-14,21-22,25H2,1-3H3,(H,40,41)/t33-,34-/m1/s1. The van der Waals surface area contributed by atoms with Gasteiger partial charge in [-0.05, 0) is 92.3 Å². The molecule has 1 amide bonds. The number of carboxylic acids is 1. The zero-order valence-electron chi connectivity index (χ0n) is 26.7. The predicted octanol–water partition coefficient (Wildman–Crippen LogP) is 6.22. The van der Waals surface area contributed by atoms with Crippen molar-refractivity contribution in [1.29, 1.82) is 0 Å². The monoisotopic (exact) mass is 621 g/mol. The van der Waals surface area contributed by atoms with Gasteiger partial charge < -0.3 is 19.3 Å². The first-order chi connectivity index (χ1) is 21.7. The molecule has 244 valence electrons. The molecule has 0 bridgehead atoms. The van der Waals surface area contributed by atoms with Gasteiger partial charge in [-0.1, -0.05) is 73.5 Å². The van der Waals surface area contributed by atoms with E-state index in [1.807, 2.05) is 12.1 Å². The van der Waals surface area contributed by atoms with E-state index < -0.39 is 36.7 Å². The number of unbranched alkanes of at least 4 members (excludes halogenated alkanes) is 4. The van der Waals surface area contributed by atoms with E-state index >= 15 is 0 Å². The first-order valence-corrected chi connectivity index (χ1v) is 15.8. The lowest BCUT2D eigenvalue weighted by Crippen LogP contribution is -2.50. The van der Waals surface area contributed by atoms with Crippen LogP contribution in [0, 0.1) is 13.8 Å². The SMILES string of the molecule is CCOC(=O)CO[C@@H](C(=O)O)[C@@H](OCCCCCc1ccc(C)c(C)c1)C(=O)N(O)CCCCCc1ccc2ccccc2c1. The molecule has 0 aromatic heterocycles. The Hall–Kier alpha value is -3.79. The zero-order chi connectivity index (χ0) is 32.6. The Morgan fingerprint density at radius 3 is 2.11 bits per heavy atom. The zero-order valence-corrected chi connectivity index (χ0v) is 26.7. The van der Waals surface area contributed by atoms with Crippen molar-refractivity contribution >= 4 is 28.6 Å². The summed E-state index contributed by atoms with van der Waals surface area (Å²) in [5.74, 6) is -3.15. The van der Waals surface area contributed by atoms with Crippen LogP contribution in [-0.2, 0) is 41.4 Å². The minimum Gasteiger partial charge on any atom is -0.479 e. The van der Waals surface area contributed by atoms with Crippen molar-refractivity contribution in [1.82, 2.24) is 5.06 Å². The van der Waals surface area contributed by atoms with Crippen molar-refractivity contribution in [3.8, 4) is 0 Å². The molecule has 9 heteroatoms. The van der Waals surface area contributed by atoms with Crippen LogP contribution in [0.15, 0.2) is 60.7 Å². The Bertz CT molecular complexity index is 1390. The van der Waals surface area contributed by atoms with Crippen LogP contribution in [0.1, 0.15) is 67.7 Å². The second-order valence-electron chi connectivity index (χ2n) is 11.3. The minimum absolute atomic E-state index is 0.0105.